The van der Waals surface area contributed by atoms with E-state index in [9.17, 15) is 0 Å². The molecule has 4 nitrogen and oxygen atoms in total. The van der Waals surface area contributed by atoms with E-state index in [4.69, 9.17) is 10.9 Å². The first-order valence-electron chi connectivity index (χ1n) is 4.47. The molecule has 0 aliphatic rings. The second-order valence-corrected chi connectivity index (χ2v) is 3.25. The van der Waals surface area contributed by atoms with Crippen LogP contribution in [0.5, 0.6) is 0 Å². The zero-order valence-electron chi connectivity index (χ0n) is 7.77. The Bertz CT molecular complexity index is 424. The van der Waals surface area contributed by atoms with Crippen molar-refractivity contribution < 1.29 is 5.11 Å². The van der Waals surface area contributed by atoms with Gasteiger partial charge in [0.2, 0.25) is 0 Å². The van der Waals surface area contributed by atoms with Gasteiger partial charge in [0.05, 0.1) is 0 Å². The van der Waals surface area contributed by atoms with Gasteiger partial charge in [-0.3, -0.25) is 5.84 Å². The number of aromatic nitrogens is 1. The van der Waals surface area contributed by atoms with Gasteiger partial charge in [0.15, 0.2) is 0 Å². The normalized spacial score (nSPS) is 11.4. The molecule has 0 unspecified atom stereocenters. The average Bonchev–Trinajstić information content (AvgIpc) is 2.62. The summed E-state index contributed by atoms with van der Waals surface area (Å²) >= 11 is 0. The number of hydrogen-bond acceptors (Lipinski definition) is 3. The van der Waals surface area contributed by atoms with E-state index in [1.54, 1.807) is 0 Å². The van der Waals surface area contributed by atoms with Crippen LogP contribution in [0.3, 0.4) is 0 Å². The smallest absolute Gasteiger partial charge is 0.108 e. The Morgan fingerprint density at radius 2 is 2.14 bits per heavy atom. The lowest BCUT2D eigenvalue weighted by atomic mass is 10.2. The van der Waals surface area contributed by atoms with Gasteiger partial charge in [-0.15, -0.1) is 0 Å². The SMILES string of the molecule is NN(CO)Cc1c[nH]c2ccccc12. The summed E-state index contributed by atoms with van der Waals surface area (Å²) in [4.78, 5) is 3.15. The van der Waals surface area contributed by atoms with E-state index < -0.39 is 0 Å². The monoisotopic (exact) mass is 191 g/mol. The maximum absolute atomic E-state index is 8.80. The molecule has 0 aliphatic carbocycles. The Kier molecular flexibility index (Phi) is 2.49. The lowest BCUT2D eigenvalue weighted by Gasteiger charge is -2.11. The summed E-state index contributed by atoms with van der Waals surface area (Å²) in [6, 6.07) is 8.01. The number of aliphatic hydroxyl groups is 1. The van der Waals surface area contributed by atoms with Crippen molar-refractivity contribution in [3.8, 4) is 0 Å². The third-order valence-corrected chi connectivity index (χ3v) is 2.23. The Hall–Kier alpha value is -1.36. The summed E-state index contributed by atoms with van der Waals surface area (Å²) in [5, 5.41) is 11.3. The number of H-pyrrole nitrogens is 1. The van der Waals surface area contributed by atoms with E-state index in [1.807, 2.05) is 30.5 Å². The first-order chi connectivity index (χ1) is 6.81. The molecule has 0 spiro atoms. The van der Waals surface area contributed by atoms with Crippen LogP contribution in [-0.4, -0.2) is 21.8 Å². The van der Waals surface area contributed by atoms with Crippen LogP contribution in [0.1, 0.15) is 5.56 Å². The minimum atomic E-state index is -0.139. The van der Waals surface area contributed by atoms with Crippen LogP contribution in [0.2, 0.25) is 0 Å². The van der Waals surface area contributed by atoms with Crippen molar-refractivity contribution in [2.45, 2.75) is 6.54 Å². The van der Waals surface area contributed by atoms with Gasteiger partial charge >= 0.3 is 0 Å². The summed E-state index contributed by atoms with van der Waals surface area (Å²) in [6.07, 6.45) is 1.92. The number of hydrazine groups is 1. The zero-order chi connectivity index (χ0) is 9.97. The van der Waals surface area contributed by atoms with Gasteiger partial charge < -0.3 is 10.1 Å². The van der Waals surface area contributed by atoms with Crippen LogP contribution < -0.4 is 5.84 Å². The molecule has 74 valence electrons. The molecular weight excluding hydrogens is 178 g/mol. The fraction of sp³-hybridized carbons (Fsp3) is 0.200. The van der Waals surface area contributed by atoms with Crippen molar-refractivity contribution in [2.75, 3.05) is 6.73 Å². The molecule has 0 bridgehead atoms. The molecular formula is C10H13N3O. The predicted molar refractivity (Wildman–Crippen MR) is 55.1 cm³/mol. The number of rotatable bonds is 3. The van der Waals surface area contributed by atoms with E-state index >= 15 is 0 Å². The summed E-state index contributed by atoms with van der Waals surface area (Å²) in [5.41, 5.74) is 2.19. The maximum Gasteiger partial charge on any atom is 0.108 e. The number of hydrogen-bond donors (Lipinski definition) is 3. The number of aliphatic hydroxyl groups excluding tert-OH is 1. The van der Waals surface area contributed by atoms with E-state index in [2.05, 4.69) is 4.98 Å². The number of nitrogens with one attached hydrogen (secondary N) is 1. The standard InChI is InChI=1S/C10H13N3O/c11-13(7-14)6-8-5-12-10-4-2-1-3-9(8)10/h1-5,12,14H,6-7,11H2. The molecule has 0 saturated heterocycles. The number of nitrogens with zero attached hydrogens (tertiary/aromatic N) is 1. The second kappa shape index (κ2) is 3.79. The van der Waals surface area contributed by atoms with Crippen molar-refractivity contribution >= 4 is 10.9 Å². The minimum absolute atomic E-state index is 0.139. The summed E-state index contributed by atoms with van der Waals surface area (Å²) in [5.74, 6) is 5.52. The molecule has 14 heavy (non-hydrogen) atoms. The van der Waals surface area contributed by atoms with E-state index in [0.717, 1.165) is 16.5 Å². The number of benzene rings is 1. The van der Waals surface area contributed by atoms with Crippen molar-refractivity contribution in [3.05, 3.63) is 36.0 Å². The molecule has 0 radical (unpaired) electrons. The van der Waals surface area contributed by atoms with Crippen LogP contribution >= 0.6 is 0 Å². The van der Waals surface area contributed by atoms with E-state index in [0.29, 0.717) is 6.54 Å². The quantitative estimate of drug-likeness (QED) is 0.382. The second-order valence-electron chi connectivity index (χ2n) is 3.25. The maximum atomic E-state index is 8.80. The fourth-order valence-electron chi connectivity index (χ4n) is 1.53. The zero-order valence-corrected chi connectivity index (χ0v) is 7.77. The summed E-state index contributed by atoms with van der Waals surface area (Å²) in [7, 11) is 0. The van der Waals surface area contributed by atoms with Crippen LogP contribution in [-0.2, 0) is 6.54 Å². The molecule has 2 aromatic rings. The molecule has 1 aromatic heterocycles. The fourth-order valence-corrected chi connectivity index (χ4v) is 1.53. The van der Waals surface area contributed by atoms with Gasteiger partial charge in [0.1, 0.15) is 6.73 Å². The third kappa shape index (κ3) is 1.63. The number of nitrogens with two attached hydrogens (primary N) is 1. The molecule has 0 amide bonds. The van der Waals surface area contributed by atoms with Gasteiger partial charge in [-0.2, -0.15) is 0 Å². The predicted octanol–water partition coefficient (Wildman–Crippen LogP) is 0.793. The van der Waals surface area contributed by atoms with Crippen LogP contribution in [0.25, 0.3) is 10.9 Å². The highest BCUT2D eigenvalue weighted by Gasteiger charge is 2.04. The van der Waals surface area contributed by atoms with E-state index in [-0.39, 0.29) is 6.73 Å². The first-order valence-corrected chi connectivity index (χ1v) is 4.47. The van der Waals surface area contributed by atoms with Crippen molar-refractivity contribution in [1.82, 2.24) is 9.99 Å². The molecule has 1 aromatic carbocycles. The number of para-hydroxylation sites is 1. The Labute approximate surface area is 81.9 Å². The highest BCUT2D eigenvalue weighted by Crippen LogP contribution is 2.18. The Morgan fingerprint density at radius 1 is 1.36 bits per heavy atom. The Morgan fingerprint density at radius 3 is 2.93 bits per heavy atom. The van der Waals surface area contributed by atoms with Crippen molar-refractivity contribution in [1.29, 1.82) is 0 Å². The van der Waals surface area contributed by atoms with Gasteiger partial charge in [-0.1, -0.05) is 18.2 Å². The lowest BCUT2D eigenvalue weighted by Crippen LogP contribution is -2.30. The molecule has 0 atom stereocenters. The van der Waals surface area contributed by atoms with Crippen LogP contribution in [0, 0.1) is 0 Å². The molecule has 0 saturated carbocycles. The Balaban J connectivity index is 2.33. The summed E-state index contributed by atoms with van der Waals surface area (Å²) in [6.45, 7) is 0.403. The minimum Gasteiger partial charge on any atom is -0.380 e. The van der Waals surface area contributed by atoms with Gasteiger partial charge in [-0.25, -0.2) is 5.01 Å². The highest BCUT2D eigenvalue weighted by molar-refractivity contribution is 5.82. The highest BCUT2D eigenvalue weighted by atomic mass is 16.3. The largest absolute Gasteiger partial charge is 0.380 e. The number of fused-ring (bicyclic) bond motifs is 1. The van der Waals surface area contributed by atoms with Crippen LogP contribution in [0.4, 0.5) is 0 Å². The molecule has 1 heterocycles. The van der Waals surface area contributed by atoms with E-state index in [1.165, 1.54) is 5.01 Å². The first kappa shape index (κ1) is 9.21. The van der Waals surface area contributed by atoms with Crippen LogP contribution in [0.15, 0.2) is 30.5 Å². The van der Waals surface area contributed by atoms with Crippen molar-refractivity contribution in [2.24, 2.45) is 5.84 Å². The third-order valence-electron chi connectivity index (χ3n) is 2.23. The van der Waals surface area contributed by atoms with Gasteiger partial charge in [0.25, 0.3) is 0 Å². The molecule has 0 aliphatic heterocycles. The topological polar surface area (TPSA) is 65.3 Å². The number of aromatic amines is 1. The molecule has 2 rings (SSSR count). The van der Waals surface area contributed by atoms with Gasteiger partial charge in [0, 0.05) is 23.6 Å². The molecule has 0 fully saturated rings. The average molecular weight is 191 g/mol. The van der Waals surface area contributed by atoms with Crippen molar-refractivity contribution in [3.63, 3.8) is 0 Å². The summed E-state index contributed by atoms with van der Waals surface area (Å²) < 4.78 is 0. The lowest BCUT2D eigenvalue weighted by molar-refractivity contribution is 0.102. The van der Waals surface area contributed by atoms with Gasteiger partial charge in [-0.05, 0) is 11.6 Å². The molecule has 4 N–H and O–H groups in total. The molecule has 4 heteroatoms.